The molecule has 0 saturated carbocycles. The lowest BCUT2D eigenvalue weighted by Gasteiger charge is -2.09. The Bertz CT molecular complexity index is 346. The molecule has 0 spiro atoms. The molecule has 0 aromatic heterocycles. The summed E-state index contributed by atoms with van der Waals surface area (Å²) in [5.41, 5.74) is -5.43. The van der Waals surface area contributed by atoms with Crippen LogP contribution in [-0.4, -0.2) is 33.1 Å². The molecule has 1 aliphatic rings. The first-order valence-corrected chi connectivity index (χ1v) is 5.24. The number of carbonyl (C=O) groups is 1. The minimum absolute atomic E-state index is 0.119. The number of alkyl halides is 3. The van der Waals surface area contributed by atoms with E-state index in [1.807, 2.05) is 0 Å². The van der Waals surface area contributed by atoms with Crippen molar-refractivity contribution in [3.05, 3.63) is 0 Å². The molecule has 0 aromatic rings. The van der Waals surface area contributed by atoms with E-state index in [1.165, 1.54) is 0 Å². The molecule has 1 aliphatic heterocycles. The molecule has 88 valence electrons. The van der Waals surface area contributed by atoms with Gasteiger partial charge in [0.05, 0.1) is 19.6 Å². The van der Waals surface area contributed by atoms with E-state index in [9.17, 15) is 26.4 Å². The number of cyclic esters (lactones) is 1. The second-order valence-corrected chi connectivity index (χ2v) is 4.54. The number of esters is 1. The molecule has 1 rings (SSSR count). The van der Waals surface area contributed by atoms with Crippen molar-refractivity contribution < 1.29 is 35.3 Å². The molecule has 0 amide bonds. The van der Waals surface area contributed by atoms with Gasteiger partial charge in [0.2, 0.25) is 0 Å². The van der Waals surface area contributed by atoms with Crippen LogP contribution < -0.4 is 0 Å². The standard InChI is InChI=1S/C6H7F3O5S/c7-6(8,9)15(11,12)14-3-4-1-5(10)13-2-4/h4H,1-3H2/t4-/m0/s1. The fourth-order valence-electron chi connectivity index (χ4n) is 0.924. The highest BCUT2D eigenvalue weighted by atomic mass is 32.2. The summed E-state index contributed by atoms with van der Waals surface area (Å²) in [6, 6.07) is 0. The summed E-state index contributed by atoms with van der Waals surface area (Å²) in [6.45, 7) is -0.820. The van der Waals surface area contributed by atoms with Crippen LogP contribution in [0.15, 0.2) is 0 Å². The lowest BCUT2D eigenvalue weighted by molar-refractivity contribution is -0.137. The Labute approximate surface area is 83.3 Å². The van der Waals surface area contributed by atoms with Gasteiger partial charge in [-0.1, -0.05) is 0 Å². The summed E-state index contributed by atoms with van der Waals surface area (Å²) in [6.07, 6.45) is -0.132. The summed E-state index contributed by atoms with van der Waals surface area (Å²) >= 11 is 0. The Morgan fingerprint density at radius 1 is 1.47 bits per heavy atom. The Kier molecular flexibility index (Phi) is 3.24. The van der Waals surface area contributed by atoms with Crippen molar-refractivity contribution in [2.24, 2.45) is 5.92 Å². The first kappa shape index (κ1) is 12.2. The van der Waals surface area contributed by atoms with Gasteiger partial charge in [0, 0.05) is 5.92 Å². The molecule has 0 radical (unpaired) electrons. The molecular weight excluding hydrogens is 241 g/mol. The molecule has 1 atom stereocenters. The second-order valence-electron chi connectivity index (χ2n) is 2.94. The molecule has 1 fully saturated rings. The van der Waals surface area contributed by atoms with Crippen LogP contribution in [-0.2, 0) is 23.8 Å². The largest absolute Gasteiger partial charge is 0.523 e. The molecular formula is C6H7F3O5S. The average molecular weight is 248 g/mol. The van der Waals surface area contributed by atoms with Crippen molar-refractivity contribution in [3.63, 3.8) is 0 Å². The molecule has 15 heavy (non-hydrogen) atoms. The van der Waals surface area contributed by atoms with Crippen molar-refractivity contribution in [2.75, 3.05) is 13.2 Å². The minimum atomic E-state index is -5.57. The van der Waals surface area contributed by atoms with E-state index in [0.29, 0.717) is 0 Å². The predicted molar refractivity (Wildman–Crippen MR) is 40.0 cm³/mol. The van der Waals surface area contributed by atoms with E-state index in [4.69, 9.17) is 0 Å². The van der Waals surface area contributed by atoms with E-state index in [1.54, 1.807) is 0 Å². The van der Waals surface area contributed by atoms with Crippen LogP contribution in [0.2, 0.25) is 0 Å². The van der Waals surface area contributed by atoms with Gasteiger partial charge >= 0.3 is 21.6 Å². The van der Waals surface area contributed by atoms with Crippen molar-refractivity contribution in [3.8, 4) is 0 Å². The van der Waals surface area contributed by atoms with Gasteiger partial charge in [-0.3, -0.25) is 8.98 Å². The zero-order valence-corrected chi connectivity index (χ0v) is 8.10. The summed E-state index contributed by atoms with van der Waals surface area (Å²) in [5.74, 6) is -1.22. The zero-order valence-electron chi connectivity index (χ0n) is 7.28. The normalized spacial score (nSPS) is 22.9. The number of hydrogen-bond acceptors (Lipinski definition) is 5. The Balaban J connectivity index is 2.47. The predicted octanol–water partition coefficient (Wildman–Crippen LogP) is 0.416. The van der Waals surface area contributed by atoms with Gasteiger partial charge in [0.15, 0.2) is 0 Å². The van der Waals surface area contributed by atoms with Gasteiger partial charge in [-0.05, 0) is 0 Å². The maximum absolute atomic E-state index is 11.8. The molecule has 1 saturated heterocycles. The molecule has 0 aromatic carbocycles. The minimum Gasteiger partial charge on any atom is -0.465 e. The van der Waals surface area contributed by atoms with E-state index in [0.717, 1.165) is 0 Å². The number of ether oxygens (including phenoxy) is 1. The van der Waals surface area contributed by atoms with Crippen LogP contribution >= 0.6 is 0 Å². The van der Waals surface area contributed by atoms with Crippen molar-refractivity contribution in [1.29, 1.82) is 0 Å². The third-order valence-corrected chi connectivity index (χ3v) is 2.69. The van der Waals surface area contributed by atoms with Crippen LogP contribution in [0.1, 0.15) is 6.42 Å². The van der Waals surface area contributed by atoms with Crippen molar-refractivity contribution in [2.45, 2.75) is 11.9 Å². The van der Waals surface area contributed by atoms with E-state index in [-0.39, 0.29) is 13.0 Å². The molecule has 5 nitrogen and oxygen atoms in total. The van der Waals surface area contributed by atoms with Gasteiger partial charge in [0.25, 0.3) is 0 Å². The second kappa shape index (κ2) is 3.97. The lowest BCUT2D eigenvalue weighted by Crippen LogP contribution is -2.27. The van der Waals surface area contributed by atoms with Crippen LogP contribution in [0.25, 0.3) is 0 Å². The molecule has 0 bridgehead atoms. The van der Waals surface area contributed by atoms with Gasteiger partial charge in [0.1, 0.15) is 0 Å². The summed E-state index contributed by atoms with van der Waals surface area (Å²) in [5, 5.41) is 0. The molecule has 9 heteroatoms. The van der Waals surface area contributed by atoms with Crippen LogP contribution in [0.3, 0.4) is 0 Å². The molecule has 0 aliphatic carbocycles. The SMILES string of the molecule is O=C1C[C@H](COS(=O)(=O)C(F)(F)F)CO1. The highest BCUT2D eigenvalue weighted by Crippen LogP contribution is 2.26. The van der Waals surface area contributed by atoms with E-state index < -0.39 is 34.1 Å². The smallest absolute Gasteiger partial charge is 0.465 e. The third kappa shape index (κ3) is 3.06. The topological polar surface area (TPSA) is 69.7 Å². The van der Waals surface area contributed by atoms with E-state index >= 15 is 0 Å². The number of carbonyl (C=O) groups excluding carboxylic acids is 1. The summed E-state index contributed by atoms with van der Waals surface area (Å²) in [7, 11) is -5.57. The monoisotopic (exact) mass is 248 g/mol. The number of halogens is 3. The van der Waals surface area contributed by atoms with Crippen LogP contribution in [0, 0.1) is 5.92 Å². The highest BCUT2D eigenvalue weighted by Gasteiger charge is 2.47. The summed E-state index contributed by atoms with van der Waals surface area (Å²) in [4.78, 5) is 10.5. The van der Waals surface area contributed by atoms with Crippen LogP contribution in [0.5, 0.6) is 0 Å². The fourth-order valence-corrected chi connectivity index (χ4v) is 1.43. The zero-order chi connectivity index (χ0) is 11.7. The van der Waals surface area contributed by atoms with Gasteiger partial charge < -0.3 is 4.74 Å². The fraction of sp³-hybridized carbons (Fsp3) is 0.833. The maximum Gasteiger partial charge on any atom is 0.523 e. The molecule has 1 heterocycles. The highest BCUT2D eigenvalue weighted by molar-refractivity contribution is 7.87. The number of rotatable bonds is 3. The average Bonchev–Trinajstić information content (AvgIpc) is 2.46. The lowest BCUT2D eigenvalue weighted by atomic mass is 10.1. The maximum atomic E-state index is 11.8. The van der Waals surface area contributed by atoms with Crippen molar-refractivity contribution >= 4 is 16.1 Å². The van der Waals surface area contributed by atoms with Gasteiger partial charge in [-0.25, -0.2) is 0 Å². The Morgan fingerprint density at radius 3 is 2.47 bits per heavy atom. The molecule has 0 unspecified atom stereocenters. The Morgan fingerprint density at radius 2 is 2.07 bits per heavy atom. The first-order valence-electron chi connectivity index (χ1n) is 3.83. The first-order chi connectivity index (χ1) is 6.72. The van der Waals surface area contributed by atoms with Gasteiger partial charge in [-0.2, -0.15) is 21.6 Å². The van der Waals surface area contributed by atoms with Crippen LogP contribution in [0.4, 0.5) is 13.2 Å². The quantitative estimate of drug-likeness (QED) is 0.411. The Hall–Kier alpha value is -0.830. The number of hydrogen-bond donors (Lipinski definition) is 0. The third-order valence-electron chi connectivity index (χ3n) is 1.68. The van der Waals surface area contributed by atoms with E-state index in [2.05, 4.69) is 8.92 Å². The summed E-state index contributed by atoms with van der Waals surface area (Å²) < 4.78 is 64.3. The van der Waals surface area contributed by atoms with Gasteiger partial charge in [-0.15, -0.1) is 0 Å². The molecule has 0 N–H and O–H groups in total. The van der Waals surface area contributed by atoms with Crippen molar-refractivity contribution in [1.82, 2.24) is 0 Å².